The first-order valence-electron chi connectivity index (χ1n) is 4.30. The van der Waals surface area contributed by atoms with E-state index in [4.69, 9.17) is 10.2 Å². The molecule has 1 aromatic carbocycles. The summed E-state index contributed by atoms with van der Waals surface area (Å²) >= 11 is 0. The second-order valence-electron chi connectivity index (χ2n) is 2.94. The largest absolute Gasteiger partial charge is 0.477 e. The second-order valence-corrected chi connectivity index (χ2v) is 2.94. The highest BCUT2D eigenvalue weighted by Gasteiger charge is 2.15. The Morgan fingerprint density at radius 1 is 1.12 bits per heavy atom. The summed E-state index contributed by atoms with van der Waals surface area (Å²) < 4.78 is 25.3. The second kappa shape index (κ2) is 5.06. The quantitative estimate of drug-likeness (QED) is 0.423. The topological polar surface area (TPSA) is 86.6 Å². The van der Waals surface area contributed by atoms with Gasteiger partial charge < -0.3 is 15.5 Å². The lowest BCUT2D eigenvalue weighted by atomic mass is 10.2. The molecule has 0 aromatic heterocycles. The third-order valence-electron chi connectivity index (χ3n) is 1.76. The molecule has 0 fully saturated rings. The summed E-state index contributed by atoms with van der Waals surface area (Å²) in [5.74, 6) is -5.48. The van der Waals surface area contributed by atoms with Crippen LogP contribution in [0, 0.1) is 11.6 Å². The minimum absolute atomic E-state index is 0.0314. The molecule has 0 aliphatic heterocycles. The normalized spacial score (nSPS) is 9.53. The third-order valence-corrected chi connectivity index (χ3v) is 1.76. The number of carboxylic acids is 2. The van der Waals surface area contributed by atoms with Gasteiger partial charge in [0, 0.05) is 18.0 Å². The first kappa shape index (κ1) is 12.6. The van der Waals surface area contributed by atoms with Crippen LogP contribution in [0.15, 0.2) is 30.0 Å². The van der Waals surface area contributed by atoms with Crippen LogP contribution in [-0.4, -0.2) is 22.2 Å². The zero-order valence-corrected chi connectivity index (χ0v) is 8.28. The lowest BCUT2D eigenvalue weighted by Crippen LogP contribution is -2.12. The Morgan fingerprint density at radius 2 is 1.71 bits per heavy atom. The number of hydrogen-bond acceptors (Lipinski definition) is 3. The highest BCUT2D eigenvalue weighted by atomic mass is 19.2. The van der Waals surface area contributed by atoms with Gasteiger partial charge in [-0.15, -0.1) is 0 Å². The molecule has 0 aliphatic carbocycles. The van der Waals surface area contributed by atoms with Gasteiger partial charge in [0.1, 0.15) is 0 Å². The molecule has 5 nitrogen and oxygen atoms in total. The van der Waals surface area contributed by atoms with Gasteiger partial charge in [-0.3, -0.25) is 0 Å². The van der Waals surface area contributed by atoms with Crippen LogP contribution in [0.4, 0.5) is 14.5 Å². The maximum absolute atomic E-state index is 12.8. The van der Waals surface area contributed by atoms with E-state index in [0.717, 1.165) is 18.2 Å². The molecule has 0 heterocycles. The molecule has 0 spiro atoms. The Balaban J connectivity index is 2.91. The van der Waals surface area contributed by atoms with Gasteiger partial charge in [0.2, 0.25) is 0 Å². The van der Waals surface area contributed by atoms with Crippen molar-refractivity contribution in [1.82, 2.24) is 0 Å². The van der Waals surface area contributed by atoms with E-state index in [0.29, 0.717) is 6.20 Å². The third kappa shape index (κ3) is 3.26. The molecule has 0 bridgehead atoms. The lowest BCUT2D eigenvalue weighted by Gasteiger charge is -2.02. The van der Waals surface area contributed by atoms with Crippen molar-refractivity contribution in [2.24, 2.45) is 0 Å². The van der Waals surface area contributed by atoms with Gasteiger partial charge in [0.05, 0.1) is 0 Å². The van der Waals surface area contributed by atoms with Gasteiger partial charge in [-0.05, 0) is 12.1 Å². The zero-order chi connectivity index (χ0) is 13.0. The predicted molar refractivity (Wildman–Crippen MR) is 53.3 cm³/mol. The summed E-state index contributed by atoms with van der Waals surface area (Å²) in [7, 11) is 0. The summed E-state index contributed by atoms with van der Waals surface area (Å²) in [6.07, 6.45) is 0.678. The number of hydrogen-bond donors (Lipinski definition) is 3. The number of rotatable bonds is 4. The summed E-state index contributed by atoms with van der Waals surface area (Å²) in [6.45, 7) is 0. The summed E-state index contributed by atoms with van der Waals surface area (Å²) in [5.41, 5.74) is -0.890. The van der Waals surface area contributed by atoms with E-state index in [1.807, 2.05) is 0 Å². The fourth-order valence-electron chi connectivity index (χ4n) is 0.956. The Labute approximate surface area is 94.0 Å². The van der Waals surface area contributed by atoms with Gasteiger partial charge in [-0.25, -0.2) is 18.4 Å². The monoisotopic (exact) mass is 243 g/mol. The van der Waals surface area contributed by atoms with Crippen molar-refractivity contribution in [2.45, 2.75) is 0 Å². The van der Waals surface area contributed by atoms with E-state index < -0.39 is 29.1 Å². The fourth-order valence-corrected chi connectivity index (χ4v) is 0.956. The highest BCUT2D eigenvalue weighted by molar-refractivity contribution is 6.12. The van der Waals surface area contributed by atoms with Crippen molar-refractivity contribution in [2.75, 3.05) is 5.32 Å². The fraction of sp³-hybridized carbons (Fsp3) is 0. The molecule has 0 unspecified atom stereocenters. The van der Waals surface area contributed by atoms with Crippen LogP contribution in [0.3, 0.4) is 0 Å². The lowest BCUT2D eigenvalue weighted by molar-refractivity contribution is -0.140. The van der Waals surface area contributed by atoms with E-state index in [9.17, 15) is 18.4 Å². The average molecular weight is 243 g/mol. The summed E-state index contributed by atoms with van der Waals surface area (Å²) in [4.78, 5) is 20.9. The molecule has 0 saturated carbocycles. The van der Waals surface area contributed by atoms with Crippen LogP contribution in [0.1, 0.15) is 0 Å². The van der Waals surface area contributed by atoms with Gasteiger partial charge in [0.15, 0.2) is 17.2 Å². The van der Waals surface area contributed by atoms with Crippen molar-refractivity contribution >= 4 is 17.6 Å². The van der Waals surface area contributed by atoms with Crippen LogP contribution in [0.5, 0.6) is 0 Å². The number of carboxylic acid groups (broad SMARTS) is 2. The van der Waals surface area contributed by atoms with E-state index >= 15 is 0 Å². The molecule has 7 heteroatoms. The van der Waals surface area contributed by atoms with Gasteiger partial charge in [-0.2, -0.15) is 0 Å². The Bertz CT molecular complexity index is 483. The van der Waals surface area contributed by atoms with E-state index in [1.165, 1.54) is 0 Å². The number of anilines is 1. The van der Waals surface area contributed by atoms with Crippen molar-refractivity contribution in [3.63, 3.8) is 0 Å². The van der Waals surface area contributed by atoms with E-state index in [-0.39, 0.29) is 5.69 Å². The molecule has 1 aromatic rings. The molecular weight excluding hydrogens is 236 g/mol. The average Bonchev–Trinajstić information content (AvgIpc) is 2.22. The van der Waals surface area contributed by atoms with Crippen LogP contribution in [0.2, 0.25) is 0 Å². The first-order valence-corrected chi connectivity index (χ1v) is 4.30. The maximum atomic E-state index is 12.8. The van der Waals surface area contributed by atoms with Gasteiger partial charge in [-0.1, -0.05) is 0 Å². The predicted octanol–water partition coefficient (Wildman–Crippen LogP) is 1.43. The molecule has 17 heavy (non-hydrogen) atoms. The highest BCUT2D eigenvalue weighted by Crippen LogP contribution is 2.13. The molecule has 1 rings (SSSR count). The van der Waals surface area contributed by atoms with E-state index in [1.54, 1.807) is 0 Å². The number of carbonyl (C=O) groups is 2. The Morgan fingerprint density at radius 3 is 2.18 bits per heavy atom. The van der Waals surface area contributed by atoms with Gasteiger partial charge in [0.25, 0.3) is 0 Å². The van der Waals surface area contributed by atoms with Crippen molar-refractivity contribution in [1.29, 1.82) is 0 Å². The van der Waals surface area contributed by atoms with Gasteiger partial charge >= 0.3 is 11.9 Å². The Kier molecular flexibility index (Phi) is 3.76. The molecule has 90 valence electrons. The zero-order valence-electron chi connectivity index (χ0n) is 8.28. The number of aliphatic carboxylic acids is 2. The standard InChI is InChI=1S/C10H7F2NO4/c11-7-2-1-5(3-8(7)12)13-4-6(9(14)15)10(16)17/h1-4,13H,(H,14,15)(H,16,17). The first-order chi connectivity index (χ1) is 7.91. The van der Waals surface area contributed by atoms with Crippen LogP contribution < -0.4 is 5.32 Å². The summed E-state index contributed by atoms with van der Waals surface area (Å²) in [5, 5.41) is 19.2. The molecule has 0 radical (unpaired) electrons. The number of halogens is 2. The van der Waals surface area contributed by atoms with Crippen molar-refractivity contribution < 1.29 is 28.6 Å². The maximum Gasteiger partial charge on any atom is 0.344 e. The van der Waals surface area contributed by atoms with Crippen molar-refractivity contribution in [3.05, 3.63) is 41.6 Å². The van der Waals surface area contributed by atoms with Crippen molar-refractivity contribution in [3.8, 4) is 0 Å². The number of nitrogens with one attached hydrogen (secondary N) is 1. The van der Waals surface area contributed by atoms with Crippen LogP contribution >= 0.6 is 0 Å². The SMILES string of the molecule is O=C(O)C(=CNc1ccc(F)c(F)c1)C(=O)O. The van der Waals surface area contributed by atoms with Crippen LogP contribution in [-0.2, 0) is 9.59 Å². The van der Waals surface area contributed by atoms with Crippen LogP contribution in [0.25, 0.3) is 0 Å². The molecule has 0 aliphatic rings. The molecule has 0 saturated heterocycles. The van der Waals surface area contributed by atoms with E-state index in [2.05, 4.69) is 5.32 Å². The molecule has 0 atom stereocenters. The minimum atomic E-state index is -1.65. The molecule has 3 N–H and O–H groups in total. The number of benzene rings is 1. The Hall–Kier alpha value is -2.44. The summed E-state index contributed by atoms with van der Waals surface area (Å²) in [6, 6.07) is 2.73. The molecule has 0 amide bonds. The minimum Gasteiger partial charge on any atom is -0.477 e. The molecular formula is C10H7F2NO4. The smallest absolute Gasteiger partial charge is 0.344 e.